The van der Waals surface area contributed by atoms with Crippen molar-refractivity contribution in [2.75, 3.05) is 13.2 Å². The van der Waals surface area contributed by atoms with Crippen LogP contribution in [0.15, 0.2) is 10.4 Å². The van der Waals surface area contributed by atoms with Gasteiger partial charge in [0, 0.05) is 31.7 Å². The summed E-state index contributed by atoms with van der Waals surface area (Å²) in [7, 11) is 0. The molecule has 1 N–H and O–H groups in total. The van der Waals surface area contributed by atoms with E-state index in [1.807, 2.05) is 0 Å². The Kier molecular flexibility index (Phi) is 5.73. The molecule has 0 aliphatic carbocycles. The van der Waals surface area contributed by atoms with Gasteiger partial charge in [0.25, 0.3) is 0 Å². The maximum atomic E-state index is 5.53. The van der Waals surface area contributed by atoms with Crippen LogP contribution in [0.1, 0.15) is 64.9 Å². The molecule has 0 amide bonds. The maximum absolute atomic E-state index is 5.53. The molecule has 1 fully saturated rings. The van der Waals surface area contributed by atoms with E-state index in [-0.39, 0.29) is 5.54 Å². The second kappa shape index (κ2) is 7.63. The van der Waals surface area contributed by atoms with Gasteiger partial charge in [-0.05, 0) is 57.4 Å². The Bertz CT molecular complexity index is 582. The summed E-state index contributed by atoms with van der Waals surface area (Å²) < 4.78 is 11.8. The minimum Gasteiger partial charge on any atom is -0.381 e. The van der Waals surface area contributed by atoms with Gasteiger partial charge in [-0.25, -0.2) is 4.98 Å². The lowest BCUT2D eigenvalue weighted by Gasteiger charge is -2.26. The number of nitrogens with zero attached hydrogens (tertiary/aromatic N) is 2. The fraction of sp³-hybridized carbons (Fsp3) is 0.737. The number of unbranched alkanes of at least 4 members (excludes halogenated alkanes) is 1. The average Bonchev–Trinajstić information content (AvgIpc) is 3.06. The monoisotopic (exact) mass is 351 g/mol. The fourth-order valence-corrected chi connectivity index (χ4v) is 5.43. The SMILES string of the molecule is CCCCc1nc2c(n1CC1CCOCC1)C=C[SH]2NC(C)(C)C. The first-order chi connectivity index (χ1) is 11.5. The standard InChI is InChI=1S/C19H33N3OS/c1-5-6-7-17-20-18-16(10-13-24(18)21-19(2,3)4)22(17)14-15-8-11-23-12-9-15/h10,13,15,21,24H,5-9,11-12,14H2,1-4H3. The van der Waals surface area contributed by atoms with E-state index in [0.29, 0.717) is 0 Å². The summed E-state index contributed by atoms with van der Waals surface area (Å²) in [6.07, 6.45) is 8.20. The lowest BCUT2D eigenvalue weighted by molar-refractivity contribution is 0.0609. The van der Waals surface area contributed by atoms with E-state index < -0.39 is 11.1 Å². The maximum Gasteiger partial charge on any atom is 0.118 e. The molecule has 1 aromatic rings. The van der Waals surface area contributed by atoms with Gasteiger partial charge in [0.1, 0.15) is 10.9 Å². The number of hydrogen-bond donors (Lipinski definition) is 2. The van der Waals surface area contributed by atoms with Gasteiger partial charge in [-0.1, -0.05) is 13.3 Å². The topological polar surface area (TPSA) is 39.1 Å². The van der Waals surface area contributed by atoms with E-state index in [9.17, 15) is 0 Å². The summed E-state index contributed by atoms with van der Waals surface area (Å²) in [5, 5.41) is 3.63. The molecule has 136 valence electrons. The molecule has 0 bridgehead atoms. The van der Waals surface area contributed by atoms with Gasteiger partial charge in [0.05, 0.1) is 5.69 Å². The van der Waals surface area contributed by atoms with Gasteiger partial charge in [0.2, 0.25) is 0 Å². The van der Waals surface area contributed by atoms with Crippen molar-refractivity contribution in [1.29, 1.82) is 0 Å². The van der Waals surface area contributed by atoms with Crippen LogP contribution in [-0.4, -0.2) is 28.3 Å². The lowest BCUT2D eigenvalue weighted by Crippen LogP contribution is -2.32. The molecule has 1 aromatic heterocycles. The van der Waals surface area contributed by atoms with Crippen LogP contribution in [0, 0.1) is 5.92 Å². The third-order valence-electron chi connectivity index (χ3n) is 4.67. The van der Waals surface area contributed by atoms with Crippen molar-refractivity contribution in [1.82, 2.24) is 14.3 Å². The van der Waals surface area contributed by atoms with Gasteiger partial charge >= 0.3 is 0 Å². The van der Waals surface area contributed by atoms with Gasteiger partial charge in [-0.3, -0.25) is 4.72 Å². The Morgan fingerprint density at radius 2 is 2.08 bits per heavy atom. The highest BCUT2D eigenvalue weighted by molar-refractivity contribution is 8.18. The quantitative estimate of drug-likeness (QED) is 0.751. The van der Waals surface area contributed by atoms with Crippen molar-refractivity contribution in [3.05, 3.63) is 16.9 Å². The molecule has 24 heavy (non-hydrogen) atoms. The highest BCUT2D eigenvalue weighted by Crippen LogP contribution is 2.44. The Morgan fingerprint density at radius 3 is 2.75 bits per heavy atom. The second-order valence-electron chi connectivity index (χ2n) is 8.05. The number of hydrogen-bond acceptors (Lipinski definition) is 3. The highest BCUT2D eigenvalue weighted by Gasteiger charge is 2.27. The van der Waals surface area contributed by atoms with Crippen LogP contribution in [0.2, 0.25) is 0 Å². The smallest absolute Gasteiger partial charge is 0.118 e. The first-order valence-electron chi connectivity index (χ1n) is 9.40. The third-order valence-corrected chi connectivity index (χ3v) is 6.81. The summed E-state index contributed by atoms with van der Waals surface area (Å²) in [5.41, 5.74) is 1.47. The molecule has 4 nitrogen and oxygen atoms in total. The van der Waals surface area contributed by atoms with Crippen LogP contribution >= 0.6 is 11.1 Å². The van der Waals surface area contributed by atoms with Crippen molar-refractivity contribution in [2.45, 2.75) is 76.9 Å². The van der Waals surface area contributed by atoms with Crippen molar-refractivity contribution in [3.8, 4) is 0 Å². The number of aromatic nitrogens is 2. The Hall–Kier alpha value is -0.780. The van der Waals surface area contributed by atoms with Gasteiger partial charge < -0.3 is 9.30 Å². The van der Waals surface area contributed by atoms with Crippen molar-refractivity contribution < 1.29 is 4.74 Å². The first-order valence-corrected chi connectivity index (χ1v) is 10.8. The molecule has 0 saturated carbocycles. The molecule has 1 saturated heterocycles. The molecule has 2 aliphatic heterocycles. The Labute approximate surface area is 149 Å². The van der Waals surface area contributed by atoms with E-state index >= 15 is 0 Å². The zero-order valence-corrected chi connectivity index (χ0v) is 16.5. The van der Waals surface area contributed by atoms with Gasteiger partial charge in [-0.15, -0.1) is 11.1 Å². The summed E-state index contributed by atoms with van der Waals surface area (Å²) in [4.78, 5) is 5.09. The number of aryl methyl sites for hydroxylation is 1. The molecule has 1 unspecified atom stereocenters. The predicted molar refractivity (Wildman–Crippen MR) is 104 cm³/mol. The summed E-state index contributed by atoms with van der Waals surface area (Å²) >= 11 is -0.470. The van der Waals surface area contributed by atoms with Crippen LogP contribution in [0.5, 0.6) is 0 Å². The van der Waals surface area contributed by atoms with Gasteiger partial charge in [-0.2, -0.15) is 0 Å². The van der Waals surface area contributed by atoms with Crippen LogP contribution in [0.4, 0.5) is 0 Å². The average molecular weight is 352 g/mol. The van der Waals surface area contributed by atoms with Crippen molar-refractivity contribution >= 4 is 17.2 Å². The minimum atomic E-state index is -0.470. The van der Waals surface area contributed by atoms with Crippen LogP contribution in [-0.2, 0) is 17.7 Å². The first kappa shape index (κ1) is 18.0. The van der Waals surface area contributed by atoms with E-state index in [0.717, 1.165) is 32.1 Å². The molecule has 0 spiro atoms. The zero-order valence-electron chi connectivity index (χ0n) is 15.6. The molecule has 0 aromatic carbocycles. The minimum absolute atomic E-state index is 0.117. The van der Waals surface area contributed by atoms with E-state index in [1.165, 1.54) is 42.2 Å². The predicted octanol–water partition coefficient (Wildman–Crippen LogP) is 4.30. The zero-order chi connectivity index (χ0) is 17.2. The number of rotatable bonds is 6. The molecule has 3 heterocycles. The Morgan fingerprint density at radius 1 is 1.33 bits per heavy atom. The largest absolute Gasteiger partial charge is 0.381 e. The molecule has 0 radical (unpaired) electrons. The normalized spacial score (nSPS) is 22.9. The van der Waals surface area contributed by atoms with Crippen molar-refractivity contribution in [2.24, 2.45) is 5.92 Å². The van der Waals surface area contributed by atoms with Crippen LogP contribution < -0.4 is 4.72 Å². The number of imidazole rings is 1. The number of nitrogens with one attached hydrogen (secondary N) is 1. The molecule has 2 aliphatic rings. The molecular formula is C19H33N3OS. The number of thiol groups is 1. The Balaban J connectivity index is 1.83. The second-order valence-corrected chi connectivity index (χ2v) is 9.74. The lowest BCUT2D eigenvalue weighted by atomic mass is 10.00. The fourth-order valence-electron chi connectivity index (χ4n) is 3.43. The molecular weight excluding hydrogens is 318 g/mol. The van der Waals surface area contributed by atoms with E-state index in [2.05, 4.69) is 48.5 Å². The van der Waals surface area contributed by atoms with Crippen molar-refractivity contribution in [3.63, 3.8) is 0 Å². The molecule has 5 heteroatoms. The summed E-state index contributed by atoms with van der Waals surface area (Å²) in [5.74, 6) is 2.02. The van der Waals surface area contributed by atoms with E-state index in [4.69, 9.17) is 9.72 Å². The third kappa shape index (κ3) is 4.24. The summed E-state index contributed by atoms with van der Waals surface area (Å²) in [6, 6.07) is 0. The molecule has 1 atom stereocenters. The van der Waals surface area contributed by atoms with E-state index in [1.54, 1.807) is 0 Å². The van der Waals surface area contributed by atoms with Crippen LogP contribution in [0.25, 0.3) is 6.08 Å². The number of fused-ring (bicyclic) bond motifs is 1. The highest BCUT2D eigenvalue weighted by atomic mass is 32.2. The van der Waals surface area contributed by atoms with Gasteiger partial charge in [0.15, 0.2) is 0 Å². The number of ether oxygens (including phenoxy) is 1. The molecule has 3 rings (SSSR count). The van der Waals surface area contributed by atoms with Crippen LogP contribution in [0.3, 0.4) is 0 Å². The summed E-state index contributed by atoms with van der Waals surface area (Å²) in [6.45, 7) is 11.9.